The van der Waals surface area contributed by atoms with Crippen molar-refractivity contribution < 1.29 is 9.90 Å². The Morgan fingerprint density at radius 2 is 2.15 bits per heavy atom. The van der Waals surface area contributed by atoms with E-state index in [0.717, 1.165) is 55.0 Å². The van der Waals surface area contributed by atoms with Crippen LogP contribution < -0.4 is 4.90 Å². The predicted octanol–water partition coefficient (Wildman–Crippen LogP) is 1.46. The van der Waals surface area contributed by atoms with Gasteiger partial charge in [-0.15, -0.1) is 0 Å². The van der Waals surface area contributed by atoms with Crippen molar-refractivity contribution in [1.82, 2.24) is 19.9 Å². The Hall–Kier alpha value is -2.15. The van der Waals surface area contributed by atoms with Crippen molar-refractivity contribution in [2.75, 3.05) is 24.6 Å². The zero-order chi connectivity index (χ0) is 17.8. The lowest BCUT2D eigenvalue weighted by Gasteiger charge is -2.56. The molecule has 5 rings (SSSR count). The van der Waals surface area contributed by atoms with Gasteiger partial charge in [-0.3, -0.25) is 4.79 Å². The van der Waals surface area contributed by atoms with Gasteiger partial charge in [0.2, 0.25) is 5.91 Å². The number of fused-ring (bicyclic) bond motifs is 5. The predicted molar refractivity (Wildman–Crippen MR) is 97.8 cm³/mol. The first-order chi connectivity index (χ1) is 12.7. The van der Waals surface area contributed by atoms with E-state index in [1.54, 1.807) is 0 Å². The second-order valence-electron chi connectivity index (χ2n) is 8.00. The van der Waals surface area contributed by atoms with Gasteiger partial charge in [-0.05, 0) is 44.1 Å². The van der Waals surface area contributed by atoms with Gasteiger partial charge in [0.05, 0.1) is 18.2 Å². The van der Waals surface area contributed by atoms with Crippen LogP contribution in [0.4, 0.5) is 5.82 Å². The minimum absolute atomic E-state index is 0.0498. The first-order valence-corrected chi connectivity index (χ1v) is 9.64. The number of amides is 1. The van der Waals surface area contributed by atoms with E-state index >= 15 is 0 Å². The van der Waals surface area contributed by atoms with Gasteiger partial charge in [0.25, 0.3) is 0 Å². The second kappa shape index (κ2) is 5.94. The minimum Gasteiger partial charge on any atom is -0.394 e. The fourth-order valence-electron chi connectivity index (χ4n) is 5.45. The number of hydrogen-bond donors (Lipinski definition) is 2. The van der Waals surface area contributed by atoms with Crippen LogP contribution in [0.25, 0.3) is 11.0 Å². The van der Waals surface area contributed by atoms with Gasteiger partial charge >= 0.3 is 0 Å². The summed E-state index contributed by atoms with van der Waals surface area (Å²) in [7, 11) is 0. The van der Waals surface area contributed by atoms with Crippen LogP contribution in [0.15, 0.2) is 12.3 Å². The lowest BCUT2D eigenvalue weighted by atomic mass is 9.72. The Labute approximate surface area is 152 Å². The summed E-state index contributed by atoms with van der Waals surface area (Å²) in [5.41, 5.74) is 1.92. The van der Waals surface area contributed by atoms with Crippen LogP contribution in [0.5, 0.6) is 0 Å². The number of piperidine rings is 3. The van der Waals surface area contributed by atoms with Crippen molar-refractivity contribution in [3.8, 4) is 0 Å². The molecule has 3 saturated heterocycles. The summed E-state index contributed by atoms with van der Waals surface area (Å²) in [4.78, 5) is 29.5. The molecule has 1 amide bonds. The number of aliphatic hydroxyl groups is 1. The van der Waals surface area contributed by atoms with Crippen molar-refractivity contribution in [2.45, 2.75) is 44.7 Å². The zero-order valence-electron chi connectivity index (χ0n) is 15.1. The highest BCUT2D eigenvalue weighted by atomic mass is 16.3. The molecule has 4 atom stereocenters. The average molecular weight is 355 g/mol. The molecule has 0 saturated carbocycles. The quantitative estimate of drug-likeness (QED) is 0.852. The fourth-order valence-corrected chi connectivity index (χ4v) is 5.45. The number of nitrogens with one attached hydrogen (secondary N) is 1. The van der Waals surface area contributed by atoms with Crippen molar-refractivity contribution >= 4 is 22.8 Å². The smallest absolute Gasteiger partial charge is 0.223 e. The molecule has 2 aromatic rings. The Morgan fingerprint density at radius 1 is 1.31 bits per heavy atom. The lowest BCUT2D eigenvalue weighted by molar-refractivity contribution is -0.150. The van der Waals surface area contributed by atoms with Crippen LogP contribution in [-0.2, 0) is 4.79 Å². The summed E-state index contributed by atoms with van der Waals surface area (Å²) in [5.74, 6) is 2.70. The highest BCUT2D eigenvalue weighted by Crippen LogP contribution is 2.42. The molecule has 26 heavy (non-hydrogen) atoms. The average Bonchev–Trinajstić information content (AvgIpc) is 3.10. The number of anilines is 1. The molecule has 0 radical (unpaired) electrons. The van der Waals surface area contributed by atoms with E-state index in [9.17, 15) is 9.90 Å². The van der Waals surface area contributed by atoms with Crippen molar-refractivity contribution in [3.63, 3.8) is 0 Å². The molecule has 7 heteroatoms. The van der Waals surface area contributed by atoms with Crippen molar-refractivity contribution in [2.24, 2.45) is 11.8 Å². The van der Waals surface area contributed by atoms with Gasteiger partial charge in [0.15, 0.2) is 5.82 Å². The second-order valence-corrected chi connectivity index (χ2v) is 8.00. The van der Waals surface area contributed by atoms with Crippen LogP contribution >= 0.6 is 0 Å². The van der Waals surface area contributed by atoms with E-state index in [2.05, 4.69) is 14.9 Å². The number of aliphatic hydroxyl groups excluding tert-OH is 1. The number of aryl methyl sites for hydroxylation is 1. The van der Waals surface area contributed by atoms with E-state index in [4.69, 9.17) is 4.98 Å². The zero-order valence-corrected chi connectivity index (χ0v) is 15.1. The summed E-state index contributed by atoms with van der Waals surface area (Å²) in [6.45, 7) is 3.71. The third kappa shape index (κ3) is 2.33. The molecule has 0 aliphatic carbocycles. The normalized spacial score (nSPS) is 31.4. The van der Waals surface area contributed by atoms with E-state index < -0.39 is 0 Å². The van der Waals surface area contributed by atoms with Crippen LogP contribution in [0.3, 0.4) is 0 Å². The molecule has 0 unspecified atom stereocenters. The number of aromatic nitrogens is 3. The summed E-state index contributed by atoms with van der Waals surface area (Å²) >= 11 is 0. The maximum absolute atomic E-state index is 12.5. The number of aromatic amines is 1. The first kappa shape index (κ1) is 16.1. The molecule has 7 nitrogen and oxygen atoms in total. The van der Waals surface area contributed by atoms with Gasteiger partial charge in [-0.25, -0.2) is 9.97 Å². The Morgan fingerprint density at radius 3 is 3.00 bits per heavy atom. The molecule has 2 N–H and O–H groups in total. The third-order valence-electron chi connectivity index (χ3n) is 6.48. The Kier molecular flexibility index (Phi) is 3.67. The van der Waals surface area contributed by atoms with E-state index in [1.807, 2.05) is 24.1 Å². The van der Waals surface area contributed by atoms with Gasteiger partial charge in [0.1, 0.15) is 11.3 Å². The molecule has 0 spiro atoms. The fraction of sp³-hybridized carbons (Fsp3) is 0.632. The van der Waals surface area contributed by atoms with Crippen LogP contribution in [0.1, 0.15) is 31.5 Å². The van der Waals surface area contributed by atoms with Gasteiger partial charge in [0, 0.05) is 31.7 Å². The highest BCUT2D eigenvalue weighted by Gasteiger charge is 2.49. The number of nitrogens with zero attached hydrogens (tertiary/aromatic N) is 4. The van der Waals surface area contributed by atoms with E-state index in [1.165, 1.54) is 0 Å². The molecular formula is C19H25N5O2. The minimum atomic E-state index is -0.0612. The summed E-state index contributed by atoms with van der Waals surface area (Å²) in [5, 5.41) is 10.1. The van der Waals surface area contributed by atoms with Crippen molar-refractivity contribution in [1.29, 1.82) is 0 Å². The molecule has 3 aliphatic rings. The largest absolute Gasteiger partial charge is 0.394 e. The van der Waals surface area contributed by atoms with E-state index in [-0.39, 0.29) is 30.5 Å². The van der Waals surface area contributed by atoms with Crippen LogP contribution in [0.2, 0.25) is 0 Å². The summed E-state index contributed by atoms with van der Waals surface area (Å²) < 4.78 is 0. The summed E-state index contributed by atoms with van der Waals surface area (Å²) in [6.07, 6.45) is 5.64. The lowest BCUT2D eigenvalue weighted by Crippen LogP contribution is -2.66. The molecule has 0 aromatic carbocycles. The maximum Gasteiger partial charge on any atom is 0.223 e. The first-order valence-electron chi connectivity index (χ1n) is 9.64. The number of carbonyl (C=O) groups excluding carboxylic acids is 1. The molecule has 138 valence electrons. The molecular weight excluding hydrogens is 330 g/mol. The molecule has 2 aromatic heterocycles. The number of rotatable bonds is 2. The molecule has 3 aliphatic heterocycles. The molecule has 2 bridgehead atoms. The van der Waals surface area contributed by atoms with Crippen LogP contribution in [-0.4, -0.2) is 62.6 Å². The number of carbonyl (C=O) groups is 1. The van der Waals surface area contributed by atoms with Gasteiger partial charge in [-0.2, -0.15) is 0 Å². The molecule has 3 fully saturated rings. The standard InChI is InChI=1S/C19H25N5O2/c1-11-21-14-5-6-20-18(14)19(22-11)23-8-12-7-13(9-23)16(10-25)24-15(12)3-2-4-17(24)26/h5-6,12-13,15-16,20,25H,2-4,7-10H2,1H3/t12-,13+,15+,16+/m1/s1. The van der Waals surface area contributed by atoms with Crippen LogP contribution in [0, 0.1) is 18.8 Å². The third-order valence-corrected chi connectivity index (χ3v) is 6.48. The van der Waals surface area contributed by atoms with Gasteiger partial charge < -0.3 is 19.9 Å². The number of hydrogen-bond acceptors (Lipinski definition) is 5. The van der Waals surface area contributed by atoms with Gasteiger partial charge in [-0.1, -0.05) is 0 Å². The summed E-state index contributed by atoms with van der Waals surface area (Å²) in [6, 6.07) is 2.18. The Bertz CT molecular complexity index is 836. The SMILES string of the molecule is Cc1nc(N2C[C@H]3C[C@@H](C2)[C@H](CO)N2C(=O)CCC[C@@H]32)c2[nH]ccc2n1. The topological polar surface area (TPSA) is 85.4 Å². The monoisotopic (exact) mass is 355 g/mol. The van der Waals surface area contributed by atoms with E-state index in [0.29, 0.717) is 12.3 Å². The molecule has 5 heterocycles. The highest BCUT2D eigenvalue weighted by molar-refractivity contribution is 5.86. The van der Waals surface area contributed by atoms with Crippen molar-refractivity contribution in [3.05, 3.63) is 18.1 Å². The number of H-pyrrole nitrogens is 1. The Balaban J connectivity index is 1.53. The maximum atomic E-state index is 12.5.